The van der Waals surface area contributed by atoms with Gasteiger partial charge in [-0.25, -0.2) is 13.1 Å². The molecule has 0 amide bonds. The highest BCUT2D eigenvalue weighted by atomic mass is 32.2. The molecule has 1 aliphatic carbocycles. The summed E-state index contributed by atoms with van der Waals surface area (Å²) in [5.41, 5.74) is 2.49. The first-order chi connectivity index (χ1) is 14.7. The summed E-state index contributed by atoms with van der Waals surface area (Å²) < 4.78 is 31.8. The molecule has 0 saturated heterocycles. The summed E-state index contributed by atoms with van der Waals surface area (Å²) in [6.07, 6.45) is 4.49. The number of nitrogens with zero attached hydrogens (tertiary/aromatic N) is 2. The van der Waals surface area contributed by atoms with Crippen molar-refractivity contribution in [1.29, 1.82) is 0 Å². The number of hydrogen-bond acceptors (Lipinski definition) is 3. The van der Waals surface area contributed by atoms with Gasteiger partial charge >= 0.3 is 0 Å². The smallest absolute Gasteiger partial charge is 0.244 e. The molecule has 6 heteroatoms. The van der Waals surface area contributed by atoms with Crippen LogP contribution in [-0.4, -0.2) is 24.2 Å². The fraction of sp³-hybridized carbons (Fsp3) is 0.400. The Balaban J connectivity index is 1.68. The molecule has 3 aromatic rings. The average Bonchev–Trinajstić information content (AvgIpc) is 3.12. The fourth-order valence-corrected chi connectivity index (χ4v) is 6.38. The second kappa shape index (κ2) is 8.60. The van der Waals surface area contributed by atoms with Gasteiger partial charge in [0.2, 0.25) is 10.0 Å². The summed E-state index contributed by atoms with van der Waals surface area (Å²) in [5.74, 6) is 0.492. The van der Waals surface area contributed by atoms with Crippen LogP contribution in [0.1, 0.15) is 45.6 Å². The predicted molar refractivity (Wildman–Crippen MR) is 124 cm³/mol. The van der Waals surface area contributed by atoms with E-state index in [0.717, 1.165) is 30.4 Å². The van der Waals surface area contributed by atoms with E-state index in [-0.39, 0.29) is 16.4 Å². The van der Waals surface area contributed by atoms with Crippen molar-refractivity contribution in [3.8, 4) is 11.3 Å². The first kappa shape index (κ1) is 21.8. The van der Waals surface area contributed by atoms with Gasteiger partial charge in [0.25, 0.3) is 0 Å². The summed E-state index contributed by atoms with van der Waals surface area (Å²) >= 11 is 0. The number of benzene rings is 2. The minimum Gasteiger partial charge on any atom is -0.266 e. The van der Waals surface area contributed by atoms with Crippen molar-refractivity contribution in [3.63, 3.8) is 0 Å². The van der Waals surface area contributed by atoms with Crippen molar-refractivity contribution in [3.05, 3.63) is 72.4 Å². The number of nitrogens with one attached hydrogen (secondary N) is 1. The number of rotatable bonds is 6. The minimum atomic E-state index is -3.72. The lowest BCUT2D eigenvalue weighted by atomic mass is 9.71. The van der Waals surface area contributed by atoms with Crippen LogP contribution >= 0.6 is 0 Å². The Bertz CT molecular complexity index is 1120. The summed E-state index contributed by atoms with van der Waals surface area (Å²) in [6.45, 7) is 7.16. The normalized spacial score (nSPS) is 21.1. The van der Waals surface area contributed by atoms with E-state index in [1.54, 1.807) is 10.9 Å². The van der Waals surface area contributed by atoms with Crippen LogP contribution in [0.2, 0.25) is 0 Å². The summed E-state index contributed by atoms with van der Waals surface area (Å²) in [6, 6.07) is 19.4. The van der Waals surface area contributed by atoms with Crippen molar-refractivity contribution in [2.75, 3.05) is 0 Å². The number of sulfonamides is 1. The van der Waals surface area contributed by atoms with Crippen molar-refractivity contribution < 1.29 is 8.42 Å². The van der Waals surface area contributed by atoms with Crippen LogP contribution < -0.4 is 4.72 Å². The SMILES string of the molecule is CC1CC(NS(=O)(=O)c2cn(Cc3ccccc3)nc2-c2ccccc2)CC(C)(C)C1. The molecule has 1 aliphatic rings. The van der Waals surface area contributed by atoms with Crippen LogP contribution in [0.3, 0.4) is 0 Å². The van der Waals surface area contributed by atoms with Crippen LogP contribution in [0, 0.1) is 11.3 Å². The van der Waals surface area contributed by atoms with Crippen LogP contribution in [0.15, 0.2) is 71.8 Å². The van der Waals surface area contributed by atoms with Gasteiger partial charge in [-0.15, -0.1) is 0 Å². The molecule has 164 valence electrons. The molecule has 5 nitrogen and oxygen atoms in total. The van der Waals surface area contributed by atoms with Gasteiger partial charge in [-0.1, -0.05) is 81.4 Å². The second-order valence-corrected chi connectivity index (χ2v) is 11.3. The fourth-order valence-electron chi connectivity index (χ4n) is 4.97. The highest BCUT2D eigenvalue weighted by Gasteiger charge is 2.35. The van der Waals surface area contributed by atoms with Gasteiger partial charge in [0.15, 0.2) is 0 Å². The first-order valence-corrected chi connectivity index (χ1v) is 12.4. The molecule has 1 saturated carbocycles. The van der Waals surface area contributed by atoms with Crippen LogP contribution in [0.4, 0.5) is 0 Å². The van der Waals surface area contributed by atoms with Crippen LogP contribution in [0.5, 0.6) is 0 Å². The average molecular weight is 438 g/mol. The van der Waals surface area contributed by atoms with Gasteiger partial charge in [-0.05, 0) is 36.2 Å². The zero-order valence-electron chi connectivity index (χ0n) is 18.5. The second-order valence-electron chi connectivity index (χ2n) is 9.62. The van der Waals surface area contributed by atoms with Gasteiger partial charge in [0.05, 0.1) is 6.54 Å². The van der Waals surface area contributed by atoms with Crippen LogP contribution in [0.25, 0.3) is 11.3 Å². The quantitative estimate of drug-likeness (QED) is 0.584. The lowest BCUT2D eigenvalue weighted by Crippen LogP contribution is -2.42. The third-order valence-corrected chi connectivity index (χ3v) is 7.48. The van der Waals surface area contributed by atoms with E-state index >= 15 is 0 Å². The Kier molecular flexibility index (Phi) is 6.04. The molecule has 0 spiro atoms. The lowest BCUT2D eigenvalue weighted by Gasteiger charge is -2.39. The highest BCUT2D eigenvalue weighted by molar-refractivity contribution is 7.89. The zero-order valence-corrected chi connectivity index (χ0v) is 19.3. The molecule has 2 aromatic carbocycles. The van der Waals surface area contributed by atoms with E-state index in [1.165, 1.54) is 0 Å². The third kappa shape index (κ3) is 5.25. The third-order valence-electron chi connectivity index (χ3n) is 5.96. The van der Waals surface area contributed by atoms with Crippen molar-refractivity contribution in [2.24, 2.45) is 11.3 Å². The van der Waals surface area contributed by atoms with E-state index in [0.29, 0.717) is 18.2 Å². The summed E-state index contributed by atoms with van der Waals surface area (Å²) in [7, 11) is -3.72. The number of aromatic nitrogens is 2. The molecule has 4 rings (SSSR count). The molecule has 1 aromatic heterocycles. The Morgan fingerprint density at radius 3 is 2.32 bits per heavy atom. The molecule has 0 aliphatic heterocycles. The van der Waals surface area contributed by atoms with Gasteiger partial charge in [0.1, 0.15) is 10.6 Å². The van der Waals surface area contributed by atoms with Gasteiger partial charge < -0.3 is 0 Å². The molecular weight excluding hydrogens is 406 g/mol. The van der Waals surface area contributed by atoms with Crippen LogP contribution in [-0.2, 0) is 16.6 Å². The minimum absolute atomic E-state index is 0.0650. The largest absolute Gasteiger partial charge is 0.266 e. The maximum atomic E-state index is 13.5. The predicted octanol–water partition coefficient (Wildman–Crippen LogP) is 5.09. The van der Waals surface area contributed by atoms with Crippen molar-refractivity contribution >= 4 is 10.0 Å². The number of hydrogen-bond donors (Lipinski definition) is 1. The molecule has 1 heterocycles. The summed E-state index contributed by atoms with van der Waals surface area (Å²) in [4.78, 5) is 0.241. The standard InChI is InChI=1S/C25H31N3O2S/c1-19-14-22(16-25(2,3)15-19)27-31(29,30)23-18-28(17-20-10-6-4-7-11-20)26-24(23)21-12-8-5-9-13-21/h4-13,18-19,22,27H,14-17H2,1-3H3. The Morgan fingerprint density at radius 2 is 1.68 bits per heavy atom. The topological polar surface area (TPSA) is 64.0 Å². The summed E-state index contributed by atoms with van der Waals surface area (Å²) in [5, 5.41) is 4.68. The van der Waals surface area contributed by atoms with Crippen molar-refractivity contribution in [2.45, 2.75) is 57.5 Å². The van der Waals surface area contributed by atoms with Gasteiger partial charge in [-0.3, -0.25) is 4.68 Å². The van der Waals surface area contributed by atoms with Gasteiger partial charge in [-0.2, -0.15) is 5.10 Å². The van der Waals surface area contributed by atoms with E-state index in [4.69, 9.17) is 0 Å². The molecular formula is C25H31N3O2S. The molecule has 2 unspecified atom stereocenters. The molecule has 0 radical (unpaired) electrons. The molecule has 1 N–H and O–H groups in total. The van der Waals surface area contributed by atoms with Crippen molar-refractivity contribution in [1.82, 2.24) is 14.5 Å². The molecule has 2 atom stereocenters. The van der Waals surface area contributed by atoms with E-state index in [2.05, 4.69) is 30.6 Å². The Labute approximate surface area is 185 Å². The maximum absolute atomic E-state index is 13.5. The Morgan fingerprint density at radius 1 is 1.03 bits per heavy atom. The highest BCUT2D eigenvalue weighted by Crippen LogP contribution is 2.39. The first-order valence-electron chi connectivity index (χ1n) is 10.9. The monoisotopic (exact) mass is 437 g/mol. The van der Waals surface area contributed by atoms with E-state index in [9.17, 15) is 8.42 Å². The molecule has 31 heavy (non-hydrogen) atoms. The molecule has 0 bridgehead atoms. The Hall–Kier alpha value is -2.44. The van der Waals surface area contributed by atoms with E-state index < -0.39 is 10.0 Å². The maximum Gasteiger partial charge on any atom is 0.244 e. The van der Waals surface area contributed by atoms with Gasteiger partial charge in [0, 0.05) is 17.8 Å². The lowest BCUT2D eigenvalue weighted by molar-refractivity contribution is 0.163. The van der Waals surface area contributed by atoms with E-state index in [1.807, 2.05) is 60.7 Å². The zero-order chi connectivity index (χ0) is 22.1. The molecule has 1 fully saturated rings.